The Bertz CT molecular complexity index is 1390. The van der Waals surface area contributed by atoms with E-state index >= 15 is 0 Å². The molecule has 8 heteroatoms. The highest BCUT2D eigenvalue weighted by molar-refractivity contribution is 6.31. The van der Waals surface area contributed by atoms with Gasteiger partial charge in [0, 0.05) is 34.8 Å². The molecule has 1 aliphatic carbocycles. The van der Waals surface area contributed by atoms with E-state index in [0.717, 1.165) is 40.1 Å². The molecular formula is C26H24ClN3O4. The highest BCUT2D eigenvalue weighted by Crippen LogP contribution is 2.39. The van der Waals surface area contributed by atoms with E-state index in [1.54, 1.807) is 32.4 Å². The van der Waals surface area contributed by atoms with Crippen LogP contribution in [0.3, 0.4) is 0 Å². The van der Waals surface area contributed by atoms with Crippen LogP contribution in [0.2, 0.25) is 5.02 Å². The molecule has 0 radical (unpaired) electrons. The van der Waals surface area contributed by atoms with Gasteiger partial charge in [-0.15, -0.1) is 0 Å². The maximum atomic E-state index is 13.1. The number of nitrogens with one attached hydrogen (secondary N) is 1. The predicted molar refractivity (Wildman–Crippen MR) is 130 cm³/mol. The third-order valence-corrected chi connectivity index (χ3v) is 6.44. The highest BCUT2D eigenvalue weighted by atomic mass is 35.5. The molecule has 1 aliphatic rings. The molecular weight excluding hydrogens is 454 g/mol. The first-order valence-electron chi connectivity index (χ1n) is 10.9. The number of aromatic nitrogens is 2. The van der Waals surface area contributed by atoms with E-state index in [-0.39, 0.29) is 11.7 Å². The smallest absolute Gasteiger partial charge is 0.291 e. The lowest BCUT2D eigenvalue weighted by molar-refractivity contribution is 0.0993. The van der Waals surface area contributed by atoms with Gasteiger partial charge in [0.25, 0.3) is 5.91 Å². The number of amides is 1. The van der Waals surface area contributed by atoms with Crippen LogP contribution in [-0.4, -0.2) is 29.9 Å². The molecule has 1 N–H and O–H groups in total. The molecule has 4 aromatic rings. The van der Waals surface area contributed by atoms with Crippen LogP contribution in [0, 0.1) is 6.92 Å². The molecule has 1 amide bonds. The molecule has 7 nitrogen and oxygen atoms in total. The van der Waals surface area contributed by atoms with E-state index < -0.39 is 0 Å². The second kappa shape index (κ2) is 8.91. The lowest BCUT2D eigenvalue weighted by atomic mass is 9.93. The Hall–Kier alpha value is -3.71. The van der Waals surface area contributed by atoms with E-state index in [4.69, 9.17) is 30.6 Å². The van der Waals surface area contributed by atoms with Crippen molar-refractivity contribution in [3.8, 4) is 22.8 Å². The Balaban J connectivity index is 1.44. The molecule has 174 valence electrons. The Morgan fingerprint density at radius 2 is 2.00 bits per heavy atom. The number of ether oxygens (including phenoxy) is 2. The van der Waals surface area contributed by atoms with E-state index in [9.17, 15) is 4.79 Å². The lowest BCUT2D eigenvalue weighted by Gasteiger charge is -2.11. The molecule has 0 spiro atoms. The summed E-state index contributed by atoms with van der Waals surface area (Å²) in [4.78, 5) is 13.1. The number of benzene rings is 2. The zero-order valence-electron chi connectivity index (χ0n) is 19.1. The topological polar surface area (TPSA) is 78.5 Å². The van der Waals surface area contributed by atoms with Crippen molar-refractivity contribution in [2.75, 3.05) is 19.5 Å². The summed E-state index contributed by atoms with van der Waals surface area (Å²) in [5.74, 6) is 1.85. The fourth-order valence-electron chi connectivity index (χ4n) is 4.34. The number of methoxy groups -OCH3 is 2. The van der Waals surface area contributed by atoms with Crippen molar-refractivity contribution < 1.29 is 18.7 Å². The molecule has 2 heterocycles. The summed E-state index contributed by atoms with van der Waals surface area (Å²) < 4.78 is 18.6. The summed E-state index contributed by atoms with van der Waals surface area (Å²) in [5.41, 5.74) is 5.19. The van der Waals surface area contributed by atoms with Crippen molar-refractivity contribution >= 4 is 23.2 Å². The Kier molecular flexibility index (Phi) is 5.79. The highest BCUT2D eigenvalue weighted by Gasteiger charge is 2.30. The zero-order valence-corrected chi connectivity index (χ0v) is 19.9. The third kappa shape index (κ3) is 3.92. The van der Waals surface area contributed by atoms with Crippen LogP contribution in [0.25, 0.3) is 11.3 Å². The molecule has 0 unspecified atom stereocenters. The van der Waals surface area contributed by atoms with E-state index in [2.05, 4.69) is 11.5 Å². The van der Waals surface area contributed by atoms with Gasteiger partial charge in [0.05, 0.1) is 32.1 Å². The predicted octanol–water partition coefficient (Wildman–Crippen LogP) is 5.52. The van der Waals surface area contributed by atoms with Gasteiger partial charge in [-0.25, -0.2) is 0 Å². The van der Waals surface area contributed by atoms with Gasteiger partial charge in [0.2, 0.25) is 0 Å². The number of carbonyl (C=O) groups is 1. The summed E-state index contributed by atoms with van der Waals surface area (Å²) in [6.07, 6.45) is 3.56. The minimum atomic E-state index is -0.340. The summed E-state index contributed by atoms with van der Waals surface area (Å²) in [6, 6.07) is 13.0. The van der Waals surface area contributed by atoms with Crippen molar-refractivity contribution in [2.45, 2.75) is 26.3 Å². The maximum Gasteiger partial charge on any atom is 0.291 e. The van der Waals surface area contributed by atoms with Gasteiger partial charge >= 0.3 is 0 Å². The minimum absolute atomic E-state index is 0.274. The molecule has 0 saturated heterocycles. The SMILES string of the molecule is COc1ccc(NC(=O)c2oc3c(c2C)-c2nn(Cc4ccccc4Cl)cc2CC3)c(OC)c1. The molecule has 0 aliphatic heterocycles. The number of nitrogens with zero attached hydrogens (tertiary/aromatic N) is 2. The first kappa shape index (κ1) is 22.1. The lowest BCUT2D eigenvalue weighted by Crippen LogP contribution is -2.13. The number of fused-ring (bicyclic) bond motifs is 3. The van der Waals surface area contributed by atoms with E-state index in [0.29, 0.717) is 35.2 Å². The maximum absolute atomic E-state index is 13.1. The van der Waals surface area contributed by atoms with Gasteiger partial charge in [0.15, 0.2) is 5.76 Å². The Morgan fingerprint density at radius 3 is 2.76 bits per heavy atom. The average Bonchev–Trinajstić information content (AvgIpc) is 3.41. The summed E-state index contributed by atoms with van der Waals surface area (Å²) >= 11 is 6.33. The van der Waals surface area contributed by atoms with Crippen LogP contribution < -0.4 is 14.8 Å². The van der Waals surface area contributed by atoms with E-state index in [1.807, 2.05) is 35.9 Å². The summed E-state index contributed by atoms with van der Waals surface area (Å²) in [5, 5.41) is 8.43. The molecule has 2 aromatic carbocycles. The summed E-state index contributed by atoms with van der Waals surface area (Å²) in [6.45, 7) is 2.47. The van der Waals surface area contributed by atoms with Gasteiger partial charge in [0.1, 0.15) is 17.3 Å². The van der Waals surface area contributed by atoms with Crippen LogP contribution in [0.1, 0.15) is 33.0 Å². The number of furan rings is 1. The Morgan fingerprint density at radius 1 is 1.18 bits per heavy atom. The minimum Gasteiger partial charge on any atom is -0.497 e. The largest absolute Gasteiger partial charge is 0.497 e. The number of hydrogen-bond donors (Lipinski definition) is 1. The van der Waals surface area contributed by atoms with Crippen molar-refractivity contribution in [3.63, 3.8) is 0 Å². The van der Waals surface area contributed by atoms with Crippen LogP contribution in [0.15, 0.2) is 53.1 Å². The molecule has 0 bridgehead atoms. The first-order chi connectivity index (χ1) is 16.5. The van der Waals surface area contributed by atoms with Crippen LogP contribution in [0.5, 0.6) is 11.5 Å². The van der Waals surface area contributed by atoms with Gasteiger partial charge in [-0.3, -0.25) is 9.48 Å². The number of halogens is 1. The van der Waals surface area contributed by atoms with Crippen LogP contribution in [0.4, 0.5) is 5.69 Å². The van der Waals surface area contributed by atoms with Crippen molar-refractivity contribution in [1.29, 1.82) is 0 Å². The molecule has 5 rings (SSSR count). The molecule has 0 saturated carbocycles. The first-order valence-corrected chi connectivity index (χ1v) is 11.3. The number of hydrogen-bond acceptors (Lipinski definition) is 5. The summed E-state index contributed by atoms with van der Waals surface area (Å²) in [7, 11) is 3.12. The van der Waals surface area contributed by atoms with Crippen molar-refractivity contribution in [1.82, 2.24) is 9.78 Å². The Labute approximate surface area is 202 Å². The van der Waals surface area contributed by atoms with Gasteiger partial charge in [-0.1, -0.05) is 29.8 Å². The second-order valence-corrected chi connectivity index (χ2v) is 8.57. The van der Waals surface area contributed by atoms with Crippen LogP contribution in [-0.2, 0) is 19.4 Å². The monoisotopic (exact) mass is 477 g/mol. The van der Waals surface area contributed by atoms with E-state index in [1.165, 1.54) is 0 Å². The molecule has 0 atom stereocenters. The van der Waals surface area contributed by atoms with Gasteiger partial charge < -0.3 is 19.2 Å². The normalized spacial score (nSPS) is 12.1. The second-order valence-electron chi connectivity index (χ2n) is 8.17. The fourth-order valence-corrected chi connectivity index (χ4v) is 4.54. The molecule has 34 heavy (non-hydrogen) atoms. The fraction of sp³-hybridized carbons (Fsp3) is 0.231. The van der Waals surface area contributed by atoms with Crippen molar-refractivity contribution in [3.05, 3.63) is 81.9 Å². The number of carbonyl (C=O) groups excluding carboxylic acids is 1. The molecule has 2 aromatic heterocycles. The quantitative estimate of drug-likeness (QED) is 0.395. The third-order valence-electron chi connectivity index (χ3n) is 6.07. The number of rotatable bonds is 6. The number of aryl methyl sites for hydroxylation is 2. The van der Waals surface area contributed by atoms with Crippen LogP contribution >= 0.6 is 11.6 Å². The van der Waals surface area contributed by atoms with Crippen molar-refractivity contribution in [2.24, 2.45) is 0 Å². The molecule has 0 fully saturated rings. The standard InChI is InChI=1S/C26H24ClN3O4/c1-15-23-21(34-25(15)26(31)28-20-10-9-18(32-2)12-22(20)33-3)11-8-17-14-30(29-24(17)23)13-16-6-4-5-7-19(16)27/h4-7,9-10,12,14H,8,11,13H2,1-3H3,(H,28,31). The van der Waals surface area contributed by atoms with Gasteiger partial charge in [-0.2, -0.15) is 5.10 Å². The van der Waals surface area contributed by atoms with Gasteiger partial charge in [-0.05, 0) is 42.7 Å². The average molecular weight is 478 g/mol. The zero-order chi connectivity index (χ0) is 23.8. The number of anilines is 1.